The van der Waals surface area contributed by atoms with Crippen molar-refractivity contribution < 1.29 is 9.84 Å². The number of aliphatic hydroxyl groups is 1. The van der Waals surface area contributed by atoms with Gasteiger partial charge in [-0.25, -0.2) is 0 Å². The number of rotatable bonds is 3. The Kier molecular flexibility index (Phi) is 4.40. The van der Waals surface area contributed by atoms with Crippen LogP contribution in [0, 0.1) is 0 Å². The molecule has 0 spiro atoms. The normalized spacial score (nSPS) is 19.2. The van der Waals surface area contributed by atoms with E-state index in [9.17, 15) is 0 Å². The van der Waals surface area contributed by atoms with Crippen LogP contribution in [0.2, 0.25) is 5.02 Å². The second-order valence-corrected chi connectivity index (χ2v) is 4.86. The van der Waals surface area contributed by atoms with E-state index in [2.05, 4.69) is 0 Å². The molecule has 1 aliphatic heterocycles. The van der Waals surface area contributed by atoms with Gasteiger partial charge in [0.15, 0.2) is 0 Å². The minimum atomic E-state index is -0.351. The lowest BCUT2D eigenvalue weighted by Crippen LogP contribution is -2.16. The predicted molar refractivity (Wildman–Crippen MR) is 68.3 cm³/mol. The van der Waals surface area contributed by atoms with Gasteiger partial charge in [0.2, 0.25) is 0 Å². The number of halogens is 1. The summed E-state index contributed by atoms with van der Waals surface area (Å²) in [7, 11) is 0. The Morgan fingerprint density at radius 3 is 2.71 bits per heavy atom. The molecular weight excluding hydrogens is 238 g/mol. The van der Waals surface area contributed by atoms with Crippen LogP contribution in [0.5, 0.6) is 0 Å². The summed E-state index contributed by atoms with van der Waals surface area (Å²) in [6.07, 6.45) is 2.04. The van der Waals surface area contributed by atoms with Gasteiger partial charge in [-0.1, -0.05) is 23.7 Å². The fraction of sp³-hybridized carbons (Fsp3) is 0.538. The lowest BCUT2D eigenvalue weighted by Gasteiger charge is -2.24. The van der Waals surface area contributed by atoms with Crippen LogP contribution < -0.4 is 5.73 Å². The second-order valence-electron chi connectivity index (χ2n) is 4.46. The quantitative estimate of drug-likeness (QED) is 0.871. The summed E-state index contributed by atoms with van der Waals surface area (Å²) in [4.78, 5) is 0. The molecule has 1 heterocycles. The van der Waals surface area contributed by atoms with Crippen molar-refractivity contribution in [2.24, 2.45) is 5.73 Å². The van der Waals surface area contributed by atoms with E-state index in [4.69, 9.17) is 27.2 Å². The molecule has 0 aliphatic carbocycles. The maximum atomic E-state index is 9.01. The smallest absolute Gasteiger partial charge is 0.0624 e. The summed E-state index contributed by atoms with van der Waals surface area (Å²) < 4.78 is 5.34. The van der Waals surface area contributed by atoms with Crippen molar-refractivity contribution in [3.8, 4) is 0 Å². The summed E-state index contributed by atoms with van der Waals surface area (Å²) in [5.74, 6) is 0.482. The lowest BCUT2D eigenvalue weighted by atomic mass is 9.90. The van der Waals surface area contributed by atoms with Gasteiger partial charge in [0.1, 0.15) is 0 Å². The molecule has 0 aromatic heterocycles. The van der Waals surface area contributed by atoms with Gasteiger partial charge in [-0.15, -0.1) is 0 Å². The minimum absolute atomic E-state index is 0.0626. The van der Waals surface area contributed by atoms with E-state index in [-0.39, 0.29) is 12.6 Å². The van der Waals surface area contributed by atoms with E-state index >= 15 is 0 Å². The van der Waals surface area contributed by atoms with Crippen LogP contribution in [0.1, 0.15) is 35.9 Å². The number of ether oxygens (including phenoxy) is 1. The van der Waals surface area contributed by atoms with E-state index < -0.39 is 0 Å². The van der Waals surface area contributed by atoms with Crippen LogP contribution in [0.3, 0.4) is 0 Å². The zero-order valence-electron chi connectivity index (χ0n) is 9.73. The van der Waals surface area contributed by atoms with Crippen molar-refractivity contribution in [2.45, 2.75) is 24.8 Å². The highest BCUT2D eigenvalue weighted by molar-refractivity contribution is 6.31. The predicted octanol–water partition coefficient (Wildman–Crippen LogP) is 2.23. The Balaban J connectivity index is 2.18. The molecule has 0 saturated carbocycles. The van der Waals surface area contributed by atoms with Crippen molar-refractivity contribution >= 4 is 11.6 Å². The van der Waals surface area contributed by atoms with Crippen LogP contribution in [-0.4, -0.2) is 24.9 Å². The molecular formula is C13H18ClNO2. The molecule has 1 fully saturated rings. The molecule has 4 heteroatoms. The summed E-state index contributed by atoms with van der Waals surface area (Å²) in [6.45, 7) is 1.55. The van der Waals surface area contributed by atoms with Crippen LogP contribution in [0.15, 0.2) is 18.2 Å². The second kappa shape index (κ2) is 5.83. The molecule has 94 valence electrons. The van der Waals surface area contributed by atoms with Crippen molar-refractivity contribution in [3.63, 3.8) is 0 Å². The molecule has 3 N–H and O–H groups in total. The first-order valence-corrected chi connectivity index (χ1v) is 6.33. The zero-order valence-corrected chi connectivity index (χ0v) is 10.5. The first kappa shape index (κ1) is 12.8. The molecule has 17 heavy (non-hydrogen) atoms. The number of benzene rings is 1. The van der Waals surface area contributed by atoms with Crippen LogP contribution in [0.25, 0.3) is 0 Å². The number of hydrogen-bond acceptors (Lipinski definition) is 3. The highest BCUT2D eigenvalue weighted by Gasteiger charge is 2.19. The summed E-state index contributed by atoms with van der Waals surface area (Å²) in [6, 6.07) is 5.50. The van der Waals surface area contributed by atoms with E-state index in [0.29, 0.717) is 5.92 Å². The van der Waals surface area contributed by atoms with Crippen LogP contribution in [-0.2, 0) is 4.74 Å². The number of nitrogens with two attached hydrogens (primary N) is 1. The molecule has 0 radical (unpaired) electrons. The fourth-order valence-corrected chi connectivity index (χ4v) is 2.56. The van der Waals surface area contributed by atoms with E-state index in [0.717, 1.165) is 36.6 Å². The van der Waals surface area contributed by atoms with Gasteiger partial charge in [0.25, 0.3) is 0 Å². The maximum absolute atomic E-state index is 9.01. The summed E-state index contributed by atoms with van der Waals surface area (Å²) in [5, 5.41) is 9.76. The van der Waals surface area contributed by atoms with Gasteiger partial charge in [0.05, 0.1) is 12.6 Å². The van der Waals surface area contributed by atoms with Gasteiger partial charge in [-0.2, -0.15) is 0 Å². The Bertz CT molecular complexity index is 378. The first-order valence-electron chi connectivity index (χ1n) is 5.96. The lowest BCUT2D eigenvalue weighted by molar-refractivity contribution is 0.0853. The maximum Gasteiger partial charge on any atom is 0.0624 e. The topological polar surface area (TPSA) is 55.5 Å². The third-order valence-electron chi connectivity index (χ3n) is 3.31. The van der Waals surface area contributed by atoms with E-state index in [1.54, 1.807) is 0 Å². The van der Waals surface area contributed by atoms with Crippen molar-refractivity contribution in [3.05, 3.63) is 34.3 Å². The standard InChI is InChI=1S/C13H18ClNO2/c14-12-7-10(13(15)8-16)1-2-11(12)9-3-5-17-6-4-9/h1-2,7,9,13,16H,3-6,8,15H2. The van der Waals surface area contributed by atoms with Gasteiger partial charge >= 0.3 is 0 Å². The molecule has 3 nitrogen and oxygen atoms in total. The number of hydrogen-bond donors (Lipinski definition) is 2. The third kappa shape index (κ3) is 2.99. The van der Waals surface area contributed by atoms with Gasteiger partial charge in [-0.3, -0.25) is 0 Å². The Morgan fingerprint density at radius 2 is 2.12 bits per heavy atom. The molecule has 2 rings (SSSR count). The molecule has 1 atom stereocenters. The molecule has 1 saturated heterocycles. The first-order chi connectivity index (χ1) is 8.22. The third-order valence-corrected chi connectivity index (χ3v) is 3.64. The van der Waals surface area contributed by atoms with Crippen LogP contribution >= 0.6 is 11.6 Å². The Morgan fingerprint density at radius 1 is 1.41 bits per heavy atom. The minimum Gasteiger partial charge on any atom is -0.394 e. The van der Waals surface area contributed by atoms with E-state index in [1.807, 2.05) is 18.2 Å². The van der Waals surface area contributed by atoms with Crippen LogP contribution in [0.4, 0.5) is 0 Å². The molecule has 0 bridgehead atoms. The Hall–Kier alpha value is -0.610. The van der Waals surface area contributed by atoms with Crippen molar-refractivity contribution in [1.29, 1.82) is 0 Å². The molecule has 1 aromatic rings. The van der Waals surface area contributed by atoms with Crippen molar-refractivity contribution in [1.82, 2.24) is 0 Å². The zero-order chi connectivity index (χ0) is 12.3. The van der Waals surface area contributed by atoms with Gasteiger partial charge in [0, 0.05) is 18.2 Å². The monoisotopic (exact) mass is 255 g/mol. The summed E-state index contributed by atoms with van der Waals surface area (Å²) >= 11 is 6.29. The van der Waals surface area contributed by atoms with Gasteiger partial charge < -0.3 is 15.6 Å². The highest BCUT2D eigenvalue weighted by atomic mass is 35.5. The average Bonchev–Trinajstić information content (AvgIpc) is 2.38. The molecule has 0 amide bonds. The average molecular weight is 256 g/mol. The number of aliphatic hydroxyl groups excluding tert-OH is 1. The largest absolute Gasteiger partial charge is 0.394 e. The van der Waals surface area contributed by atoms with Gasteiger partial charge in [-0.05, 0) is 36.0 Å². The molecule has 1 aliphatic rings. The van der Waals surface area contributed by atoms with E-state index in [1.165, 1.54) is 5.56 Å². The fourth-order valence-electron chi connectivity index (χ4n) is 2.22. The summed E-state index contributed by atoms with van der Waals surface area (Å²) in [5.41, 5.74) is 7.82. The van der Waals surface area contributed by atoms with Crippen molar-refractivity contribution in [2.75, 3.05) is 19.8 Å². The highest BCUT2D eigenvalue weighted by Crippen LogP contribution is 2.33. The molecule has 1 unspecified atom stereocenters. The Labute approximate surface area is 107 Å². The molecule has 1 aromatic carbocycles. The SMILES string of the molecule is NC(CO)c1ccc(C2CCOCC2)c(Cl)c1.